The fraction of sp³-hybridized carbons (Fsp3) is 0.348. The normalized spacial score (nSPS) is 25.4. The van der Waals surface area contributed by atoms with E-state index in [0.717, 1.165) is 18.4 Å². The number of fused-ring (bicyclic) bond motifs is 2. The van der Waals surface area contributed by atoms with Crippen molar-refractivity contribution in [1.29, 1.82) is 0 Å². The number of hydrogen-bond acceptors (Lipinski definition) is 4. The first-order chi connectivity index (χ1) is 13.1. The van der Waals surface area contributed by atoms with E-state index in [2.05, 4.69) is 11.9 Å². The number of nitrogens with zero attached hydrogens (tertiary/aromatic N) is 1. The number of aromatic hydroxyl groups is 1. The molecule has 2 saturated heterocycles. The highest BCUT2D eigenvalue weighted by molar-refractivity contribution is 6.21. The molecule has 140 valence electrons. The molecule has 1 N–H and O–H groups in total. The van der Waals surface area contributed by atoms with Crippen LogP contribution < -0.4 is 0 Å². The first kappa shape index (κ1) is 17.8. The van der Waals surface area contributed by atoms with Crippen LogP contribution in [0.1, 0.15) is 36.8 Å². The van der Waals surface area contributed by atoms with Gasteiger partial charge in [0.15, 0.2) is 0 Å². The van der Waals surface area contributed by atoms with Gasteiger partial charge >= 0.3 is 5.97 Å². The van der Waals surface area contributed by atoms with E-state index >= 15 is 0 Å². The number of carbonyl (C=O) groups is 1. The van der Waals surface area contributed by atoms with Gasteiger partial charge in [0.05, 0.1) is 5.57 Å². The average molecular weight is 363 g/mol. The first-order valence-electron chi connectivity index (χ1n) is 9.59. The van der Waals surface area contributed by atoms with Gasteiger partial charge in [-0.15, -0.1) is 0 Å². The zero-order valence-corrected chi connectivity index (χ0v) is 15.5. The van der Waals surface area contributed by atoms with Crippen LogP contribution >= 0.6 is 0 Å². The van der Waals surface area contributed by atoms with Gasteiger partial charge in [-0.1, -0.05) is 42.5 Å². The summed E-state index contributed by atoms with van der Waals surface area (Å²) in [5.74, 6) is -0.185. The third kappa shape index (κ3) is 3.91. The lowest BCUT2D eigenvalue weighted by Crippen LogP contribution is -2.43. The highest BCUT2D eigenvalue weighted by Gasteiger charge is 2.40. The zero-order chi connectivity index (χ0) is 18.8. The minimum absolute atomic E-state index is 0.0392. The summed E-state index contributed by atoms with van der Waals surface area (Å²) in [4.78, 5) is 15.5. The van der Waals surface area contributed by atoms with Gasteiger partial charge in [0.2, 0.25) is 0 Å². The van der Waals surface area contributed by atoms with Gasteiger partial charge in [0.1, 0.15) is 11.9 Å². The Hall–Kier alpha value is -2.59. The molecule has 0 radical (unpaired) electrons. The van der Waals surface area contributed by atoms with E-state index in [0.29, 0.717) is 23.2 Å². The topological polar surface area (TPSA) is 49.8 Å². The number of esters is 1. The smallest absolute Gasteiger partial charge is 0.339 e. The summed E-state index contributed by atoms with van der Waals surface area (Å²) in [6.45, 7) is 0. The van der Waals surface area contributed by atoms with Crippen LogP contribution in [-0.4, -0.2) is 41.2 Å². The number of hydrogen-bond donors (Lipinski definition) is 1. The first-order valence-corrected chi connectivity index (χ1v) is 9.59. The highest BCUT2D eigenvalue weighted by atomic mass is 16.5. The van der Waals surface area contributed by atoms with Crippen LogP contribution in [0.3, 0.4) is 0 Å². The van der Waals surface area contributed by atoms with E-state index in [-0.39, 0.29) is 17.8 Å². The minimum atomic E-state index is -0.321. The summed E-state index contributed by atoms with van der Waals surface area (Å²) in [5, 5.41) is 9.85. The number of phenolic OH excluding ortho intramolecular Hbond substituents is 1. The summed E-state index contributed by atoms with van der Waals surface area (Å²) < 4.78 is 5.93. The fourth-order valence-corrected chi connectivity index (χ4v) is 4.32. The molecule has 0 amide bonds. The van der Waals surface area contributed by atoms with Crippen molar-refractivity contribution in [2.24, 2.45) is 0 Å². The molecule has 2 fully saturated rings. The summed E-state index contributed by atoms with van der Waals surface area (Å²) in [6.07, 6.45) is 5.97. The lowest BCUT2D eigenvalue weighted by molar-refractivity contribution is -0.144. The molecular weight excluding hydrogens is 338 g/mol. The molecule has 2 aromatic rings. The number of phenols is 1. The lowest BCUT2D eigenvalue weighted by Gasteiger charge is -2.35. The van der Waals surface area contributed by atoms with E-state index < -0.39 is 0 Å². The molecule has 4 rings (SSSR count). The second-order valence-electron chi connectivity index (χ2n) is 7.57. The number of benzene rings is 2. The van der Waals surface area contributed by atoms with Crippen molar-refractivity contribution in [3.63, 3.8) is 0 Å². The fourth-order valence-electron chi connectivity index (χ4n) is 4.32. The van der Waals surface area contributed by atoms with Crippen LogP contribution in [0.4, 0.5) is 0 Å². The van der Waals surface area contributed by atoms with E-state index in [1.807, 2.05) is 42.5 Å². The Kier molecular flexibility index (Phi) is 4.99. The van der Waals surface area contributed by atoms with Crippen molar-refractivity contribution < 1.29 is 14.6 Å². The number of piperidine rings is 1. The van der Waals surface area contributed by atoms with E-state index in [4.69, 9.17) is 4.74 Å². The molecule has 4 nitrogen and oxygen atoms in total. The average Bonchev–Trinajstić information content (AvgIpc) is 2.88. The Bertz CT molecular complexity index is 832. The van der Waals surface area contributed by atoms with Gasteiger partial charge in [-0.2, -0.15) is 0 Å². The standard InChI is InChI=1S/C23H25NO3/c1-24-18-10-11-19(24)15-21(14-18)27-23(26)22(12-16-6-3-2-4-7-16)17-8-5-9-20(25)13-17/h2-9,12-13,18-19,21,25H,10-11,14-15H2,1H3/b22-12+/t18-,19+,21?. The van der Waals surface area contributed by atoms with Crippen LogP contribution in [-0.2, 0) is 9.53 Å². The molecule has 2 bridgehead atoms. The van der Waals surface area contributed by atoms with Crippen LogP contribution in [0.2, 0.25) is 0 Å². The summed E-state index contributed by atoms with van der Waals surface area (Å²) in [5.41, 5.74) is 2.07. The maximum absolute atomic E-state index is 13.1. The SMILES string of the molecule is CN1[C@@H]2CC[C@H]1CC(OC(=O)/C(=C/c1ccccc1)c1cccc(O)c1)C2. The second kappa shape index (κ2) is 7.57. The van der Waals surface area contributed by atoms with Gasteiger partial charge in [-0.3, -0.25) is 0 Å². The largest absolute Gasteiger partial charge is 0.508 e. The summed E-state index contributed by atoms with van der Waals surface area (Å²) in [6, 6.07) is 17.5. The van der Waals surface area contributed by atoms with Crippen molar-refractivity contribution >= 4 is 17.6 Å². The molecule has 3 atom stereocenters. The number of rotatable bonds is 4. The molecule has 27 heavy (non-hydrogen) atoms. The van der Waals surface area contributed by atoms with Crippen molar-refractivity contribution in [2.45, 2.75) is 43.9 Å². The Morgan fingerprint density at radius 3 is 2.44 bits per heavy atom. The van der Waals surface area contributed by atoms with Gasteiger partial charge < -0.3 is 14.7 Å². The third-order valence-corrected chi connectivity index (χ3v) is 5.82. The van der Waals surface area contributed by atoms with Gasteiger partial charge in [-0.25, -0.2) is 4.79 Å². The molecule has 0 aromatic heterocycles. The zero-order valence-electron chi connectivity index (χ0n) is 15.5. The molecule has 2 aliphatic heterocycles. The van der Waals surface area contributed by atoms with Gasteiger partial charge in [-0.05, 0) is 49.2 Å². The molecular formula is C23H25NO3. The van der Waals surface area contributed by atoms with E-state index in [9.17, 15) is 9.90 Å². The van der Waals surface area contributed by atoms with Crippen LogP contribution in [0.15, 0.2) is 54.6 Å². The summed E-state index contributed by atoms with van der Waals surface area (Å²) >= 11 is 0. The molecule has 2 aliphatic rings. The highest BCUT2D eigenvalue weighted by Crippen LogP contribution is 2.36. The van der Waals surface area contributed by atoms with Crippen molar-refractivity contribution in [3.05, 3.63) is 65.7 Å². The minimum Gasteiger partial charge on any atom is -0.508 e. The summed E-state index contributed by atoms with van der Waals surface area (Å²) in [7, 11) is 2.17. The lowest BCUT2D eigenvalue weighted by atomic mass is 9.99. The Morgan fingerprint density at radius 2 is 1.78 bits per heavy atom. The van der Waals surface area contributed by atoms with Gasteiger partial charge in [0.25, 0.3) is 0 Å². The molecule has 0 saturated carbocycles. The number of carbonyl (C=O) groups excluding carboxylic acids is 1. The maximum Gasteiger partial charge on any atom is 0.339 e. The van der Waals surface area contributed by atoms with Crippen molar-refractivity contribution in [1.82, 2.24) is 4.90 Å². The Balaban J connectivity index is 1.59. The van der Waals surface area contributed by atoms with Crippen LogP contribution in [0, 0.1) is 0 Å². The molecule has 2 heterocycles. The predicted octanol–water partition coefficient (Wildman–Crippen LogP) is 4.10. The molecule has 4 heteroatoms. The molecule has 2 aromatic carbocycles. The Morgan fingerprint density at radius 1 is 1.07 bits per heavy atom. The van der Waals surface area contributed by atoms with Crippen molar-refractivity contribution in [3.8, 4) is 5.75 Å². The van der Waals surface area contributed by atoms with E-state index in [1.54, 1.807) is 18.2 Å². The van der Waals surface area contributed by atoms with E-state index in [1.165, 1.54) is 12.8 Å². The maximum atomic E-state index is 13.1. The van der Waals surface area contributed by atoms with Gasteiger partial charge in [0, 0.05) is 24.9 Å². The van der Waals surface area contributed by atoms with Crippen LogP contribution in [0.25, 0.3) is 11.6 Å². The third-order valence-electron chi connectivity index (χ3n) is 5.82. The molecule has 0 spiro atoms. The quantitative estimate of drug-likeness (QED) is 0.505. The van der Waals surface area contributed by atoms with Crippen LogP contribution in [0.5, 0.6) is 5.75 Å². The number of ether oxygens (including phenoxy) is 1. The molecule has 0 aliphatic carbocycles. The predicted molar refractivity (Wildman–Crippen MR) is 106 cm³/mol. The monoisotopic (exact) mass is 363 g/mol. The Labute approximate surface area is 160 Å². The second-order valence-corrected chi connectivity index (χ2v) is 7.57. The van der Waals surface area contributed by atoms with Crippen molar-refractivity contribution in [2.75, 3.05) is 7.05 Å². The molecule has 1 unspecified atom stereocenters.